The normalized spacial score (nSPS) is 17.6. The number of rotatable bonds is 3. The first-order valence-corrected chi connectivity index (χ1v) is 9.77. The van der Waals surface area contributed by atoms with Gasteiger partial charge in [-0.1, -0.05) is 30.9 Å². The molecule has 4 rings (SSSR count). The van der Waals surface area contributed by atoms with Gasteiger partial charge in [-0.2, -0.15) is 0 Å². The van der Waals surface area contributed by atoms with E-state index in [2.05, 4.69) is 20.1 Å². The van der Waals surface area contributed by atoms with Crippen LogP contribution in [-0.2, 0) is 17.8 Å². The molecule has 0 saturated heterocycles. The molecule has 0 unspecified atom stereocenters. The molecule has 6 nitrogen and oxygen atoms in total. The second kappa shape index (κ2) is 9.44. The Bertz CT molecular complexity index is 833. The Morgan fingerprint density at radius 2 is 1.86 bits per heavy atom. The second-order valence-corrected chi connectivity index (χ2v) is 7.82. The van der Waals surface area contributed by atoms with E-state index in [1.165, 1.54) is 6.42 Å². The number of aromatic nitrogens is 3. The highest BCUT2D eigenvalue weighted by molar-refractivity contribution is 6.33. The molecular weight excluding hydrogens is 421 g/mol. The van der Waals surface area contributed by atoms with E-state index in [0.29, 0.717) is 10.7 Å². The highest BCUT2D eigenvalue weighted by Gasteiger charge is 2.37. The van der Waals surface area contributed by atoms with Gasteiger partial charge in [0.1, 0.15) is 5.82 Å². The van der Waals surface area contributed by atoms with Crippen LogP contribution in [0.15, 0.2) is 18.2 Å². The fourth-order valence-electron chi connectivity index (χ4n) is 3.95. The third-order valence-electron chi connectivity index (χ3n) is 5.52. The minimum atomic E-state index is -0.758. The van der Waals surface area contributed by atoms with E-state index in [1.807, 2.05) is 12.1 Å². The maximum absolute atomic E-state index is 12.6. The first-order valence-electron chi connectivity index (χ1n) is 9.39. The van der Waals surface area contributed by atoms with Gasteiger partial charge in [-0.05, 0) is 43.9 Å². The number of carbonyl (C=O) groups excluding carboxylic acids is 1. The summed E-state index contributed by atoms with van der Waals surface area (Å²) in [5.74, 6) is 1.66. The number of fused-ring (bicyclic) bond motifs is 1. The molecule has 28 heavy (non-hydrogen) atoms. The van der Waals surface area contributed by atoms with E-state index < -0.39 is 5.54 Å². The van der Waals surface area contributed by atoms with Crippen molar-refractivity contribution in [2.75, 3.05) is 5.32 Å². The lowest BCUT2D eigenvalue weighted by molar-refractivity contribution is -0.121. The summed E-state index contributed by atoms with van der Waals surface area (Å²) in [5.41, 5.74) is 6.98. The summed E-state index contributed by atoms with van der Waals surface area (Å²) < 4.78 is 2.15. The molecule has 1 aromatic carbocycles. The van der Waals surface area contributed by atoms with Crippen LogP contribution in [0.2, 0.25) is 5.02 Å². The lowest BCUT2D eigenvalue weighted by atomic mass is 9.98. The second-order valence-electron chi connectivity index (χ2n) is 7.41. The third-order valence-corrected chi connectivity index (χ3v) is 5.85. The van der Waals surface area contributed by atoms with Crippen molar-refractivity contribution in [2.45, 2.75) is 63.5 Å². The van der Waals surface area contributed by atoms with Crippen molar-refractivity contribution in [3.8, 4) is 11.4 Å². The molecule has 154 valence electrons. The quantitative estimate of drug-likeness (QED) is 0.732. The van der Waals surface area contributed by atoms with Gasteiger partial charge in [-0.25, -0.2) is 0 Å². The van der Waals surface area contributed by atoms with Crippen molar-refractivity contribution in [1.82, 2.24) is 14.8 Å². The predicted molar refractivity (Wildman–Crippen MR) is 117 cm³/mol. The minimum absolute atomic E-state index is 0. The molecule has 1 fully saturated rings. The van der Waals surface area contributed by atoms with E-state index in [9.17, 15) is 4.79 Å². The first kappa shape index (κ1) is 22.9. The highest BCUT2D eigenvalue weighted by Crippen LogP contribution is 2.33. The molecule has 1 aromatic heterocycles. The van der Waals surface area contributed by atoms with Crippen molar-refractivity contribution in [3.63, 3.8) is 0 Å². The van der Waals surface area contributed by atoms with E-state index in [1.54, 1.807) is 6.07 Å². The molecule has 1 aliphatic heterocycles. The zero-order valence-electron chi connectivity index (χ0n) is 15.6. The number of nitrogens with one attached hydrogen (secondary N) is 1. The largest absolute Gasteiger partial charge is 0.324 e. The molecule has 2 heterocycles. The van der Waals surface area contributed by atoms with E-state index in [4.69, 9.17) is 17.3 Å². The van der Waals surface area contributed by atoms with Gasteiger partial charge in [0.2, 0.25) is 5.91 Å². The fraction of sp³-hybridized carbons (Fsp3) is 0.526. The van der Waals surface area contributed by atoms with Gasteiger partial charge < -0.3 is 15.6 Å². The fourth-order valence-corrected chi connectivity index (χ4v) is 4.15. The maximum atomic E-state index is 12.6. The summed E-state index contributed by atoms with van der Waals surface area (Å²) in [7, 11) is 0. The number of nitrogens with zero attached hydrogens (tertiary/aromatic N) is 3. The van der Waals surface area contributed by atoms with Crippen LogP contribution in [0.5, 0.6) is 0 Å². The summed E-state index contributed by atoms with van der Waals surface area (Å²) in [5, 5.41) is 12.3. The van der Waals surface area contributed by atoms with Crippen LogP contribution in [-0.4, -0.2) is 26.2 Å². The van der Waals surface area contributed by atoms with Crippen LogP contribution in [0.4, 0.5) is 5.69 Å². The number of anilines is 1. The Kier molecular flexibility index (Phi) is 7.73. The molecule has 0 atom stereocenters. The molecule has 1 saturated carbocycles. The number of amides is 1. The molecule has 3 N–H and O–H groups in total. The smallest absolute Gasteiger partial charge is 0.244 e. The Morgan fingerprint density at radius 3 is 2.61 bits per heavy atom. The Balaban J connectivity index is 0.00000140. The van der Waals surface area contributed by atoms with Gasteiger partial charge in [0.05, 0.1) is 10.6 Å². The average Bonchev–Trinajstić information content (AvgIpc) is 3.17. The number of halogens is 3. The number of nitrogens with two attached hydrogens (primary N) is 1. The van der Waals surface area contributed by atoms with Crippen molar-refractivity contribution < 1.29 is 4.79 Å². The van der Waals surface area contributed by atoms with Crippen LogP contribution in [0.25, 0.3) is 11.4 Å². The number of aryl methyl sites for hydroxylation is 1. The van der Waals surface area contributed by atoms with Gasteiger partial charge in [-0.15, -0.1) is 35.0 Å². The molecule has 0 radical (unpaired) electrons. The van der Waals surface area contributed by atoms with Crippen molar-refractivity contribution in [3.05, 3.63) is 29.0 Å². The van der Waals surface area contributed by atoms with Crippen LogP contribution >= 0.6 is 36.4 Å². The highest BCUT2D eigenvalue weighted by atomic mass is 35.5. The lowest BCUT2D eigenvalue weighted by Crippen LogP contribution is -2.48. The van der Waals surface area contributed by atoms with E-state index in [0.717, 1.165) is 68.7 Å². The molecule has 1 aliphatic carbocycles. The van der Waals surface area contributed by atoms with Crippen molar-refractivity contribution in [1.29, 1.82) is 0 Å². The molecule has 1 amide bonds. The van der Waals surface area contributed by atoms with E-state index in [-0.39, 0.29) is 30.7 Å². The minimum Gasteiger partial charge on any atom is -0.324 e. The zero-order valence-corrected chi connectivity index (χ0v) is 18.0. The summed E-state index contributed by atoms with van der Waals surface area (Å²) in [6.45, 7) is 0.899. The molecule has 2 aliphatic rings. The van der Waals surface area contributed by atoms with Gasteiger partial charge >= 0.3 is 0 Å². The predicted octanol–water partition coefficient (Wildman–Crippen LogP) is 4.38. The van der Waals surface area contributed by atoms with Crippen LogP contribution in [0.1, 0.15) is 50.8 Å². The Morgan fingerprint density at radius 1 is 1.11 bits per heavy atom. The van der Waals surface area contributed by atoms with Gasteiger partial charge in [-0.3, -0.25) is 4.79 Å². The summed E-state index contributed by atoms with van der Waals surface area (Å²) in [4.78, 5) is 12.6. The molecule has 0 spiro atoms. The molecular formula is C19H26Cl3N5O. The Hall–Kier alpha value is -1.34. The number of benzene rings is 1. The van der Waals surface area contributed by atoms with E-state index >= 15 is 0 Å². The third kappa shape index (κ3) is 4.46. The monoisotopic (exact) mass is 445 g/mol. The number of carbonyl (C=O) groups is 1. The lowest BCUT2D eigenvalue weighted by Gasteiger charge is -2.22. The topological polar surface area (TPSA) is 85.8 Å². The Labute approximate surface area is 182 Å². The van der Waals surface area contributed by atoms with Crippen LogP contribution < -0.4 is 11.1 Å². The van der Waals surface area contributed by atoms with Gasteiger partial charge in [0.15, 0.2) is 5.82 Å². The average molecular weight is 447 g/mol. The molecule has 0 bridgehead atoms. The maximum Gasteiger partial charge on any atom is 0.244 e. The molecule has 2 aromatic rings. The van der Waals surface area contributed by atoms with Gasteiger partial charge in [0.25, 0.3) is 0 Å². The molecule has 9 heteroatoms. The van der Waals surface area contributed by atoms with Crippen LogP contribution in [0, 0.1) is 0 Å². The van der Waals surface area contributed by atoms with Gasteiger partial charge in [0, 0.05) is 24.2 Å². The summed E-state index contributed by atoms with van der Waals surface area (Å²) in [6, 6.07) is 5.48. The zero-order chi connectivity index (χ0) is 18.1. The first-order chi connectivity index (χ1) is 12.6. The number of hydrogen-bond acceptors (Lipinski definition) is 4. The van der Waals surface area contributed by atoms with Crippen molar-refractivity contribution in [2.24, 2.45) is 5.73 Å². The summed E-state index contributed by atoms with van der Waals surface area (Å²) >= 11 is 6.44. The summed E-state index contributed by atoms with van der Waals surface area (Å²) in [6.07, 6.45) is 7.86. The van der Waals surface area contributed by atoms with Crippen molar-refractivity contribution >= 4 is 48.0 Å². The standard InChI is InChI=1S/C19H24ClN5O.2ClH/c20-15-8-7-13(22-18(26)19(21)9-3-4-10-19)12-14(15)17-24-23-16-6-2-1-5-11-25(16)17;;/h7-8,12H,1-6,9-11,21H2,(H,22,26);2*1H. The van der Waals surface area contributed by atoms with Crippen LogP contribution in [0.3, 0.4) is 0 Å². The number of hydrogen-bond donors (Lipinski definition) is 2. The SMILES string of the molecule is Cl.Cl.NC1(C(=O)Nc2ccc(Cl)c(-c3nnc4n3CCCCC4)c2)CCCC1.